The summed E-state index contributed by atoms with van der Waals surface area (Å²) in [5.74, 6) is 0.130. The number of nitrogen functional groups attached to an aromatic ring is 1. The number of anilines is 1. The van der Waals surface area contributed by atoms with E-state index in [-0.39, 0.29) is 11.4 Å². The van der Waals surface area contributed by atoms with Crippen LogP contribution in [-0.2, 0) is 0 Å². The topological polar surface area (TPSA) is 56.4 Å². The van der Waals surface area contributed by atoms with Crippen LogP contribution >= 0.6 is 15.9 Å². The third-order valence-corrected chi connectivity index (χ3v) is 4.31. The highest BCUT2D eigenvalue weighted by Crippen LogP contribution is 2.27. The zero-order valence-corrected chi connectivity index (χ0v) is 14.0. The Kier molecular flexibility index (Phi) is 4.39. The first-order valence-corrected chi connectivity index (χ1v) is 7.72. The standard InChI is InChI=1S/C15H23BrN4/c1-15(2,3)20-8-6-19(7-9-20)13-10-11(16)4-5-12(13)14(17)18/h4-5,10H,6-9H2,1-3H3,(H3,17,18). The van der Waals surface area contributed by atoms with Gasteiger partial charge >= 0.3 is 0 Å². The number of amidine groups is 1. The van der Waals surface area contributed by atoms with Crippen molar-refractivity contribution < 1.29 is 0 Å². The van der Waals surface area contributed by atoms with Crippen molar-refractivity contribution in [2.45, 2.75) is 26.3 Å². The second kappa shape index (κ2) is 5.74. The summed E-state index contributed by atoms with van der Waals surface area (Å²) in [4.78, 5) is 4.82. The van der Waals surface area contributed by atoms with Gasteiger partial charge < -0.3 is 10.6 Å². The van der Waals surface area contributed by atoms with Crippen LogP contribution in [0.25, 0.3) is 0 Å². The van der Waals surface area contributed by atoms with Gasteiger partial charge in [-0.3, -0.25) is 10.3 Å². The lowest BCUT2D eigenvalue weighted by atomic mass is 10.0. The molecule has 0 aromatic heterocycles. The lowest BCUT2D eigenvalue weighted by Crippen LogP contribution is -2.53. The predicted octanol–water partition coefficient (Wildman–Crippen LogP) is 2.65. The molecule has 0 spiro atoms. The lowest BCUT2D eigenvalue weighted by molar-refractivity contribution is 0.128. The van der Waals surface area contributed by atoms with E-state index in [0.29, 0.717) is 0 Å². The van der Waals surface area contributed by atoms with Crippen molar-refractivity contribution in [3.63, 3.8) is 0 Å². The largest absolute Gasteiger partial charge is 0.384 e. The highest BCUT2D eigenvalue weighted by atomic mass is 79.9. The summed E-state index contributed by atoms with van der Waals surface area (Å²) in [6.45, 7) is 10.8. The van der Waals surface area contributed by atoms with Gasteiger partial charge in [0.2, 0.25) is 0 Å². The lowest BCUT2D eigenvalue weighted by Gasteiger charge is -2.43. The Balaban J connectivity index is 2.18. The predicted molar refractivity (Wildman–Crippen MR) is 88.7 cm³/mol. The van der Waals surface area contributed by atoms with Crippen LogP contribution in [0.15, 0.2) is 22.7 Å². The number of piperazine rings is 1. The van der Waals surface area contributed by atoms with E-state index in [4.69, 9.17) is 11.1 Å². The number of halogens is 1. The second-order valence-electron chi connectivity index (χ2n) is 6.22. The molecule has 20 heavy (non-hydrogen) atoms. The first-order chi connectivity index (χ1) is 9.29. The summed E-state index contributed by atoms with van der Waals surface area (Å²) < 4.78 is 1.02. The fourth-order valence-corrected chi connectivity index (χ4v) is 2.96. The van der Waals surface area contributed by atoms with Gasteiger partial charge in [0.05, 0.1) is 0 Å². The molecule has 0 amide bonds. The monoisotopic (exact) mass is 338 g/mol. The van der Waals surface area contributed by atoms with Crippen molar-refractivity contribution in [1.82, 2.24) is 4.90 Å². The molecule has 1 aliphatic rings. The van der Waals surface area contributed by atoms with E-state index in [0.717, 1.165) is 41.9 Å². The van der Waals surface area contributed by atoms with Crippen LogP contribution in [0.3, 0.4) is 0 Å². The molecule has 0 saturated carbocycles. The molecule has 2 rings (SSSR count). The molecule has 0 atom stereocenters. The van der Waals surface area contributed by atoms with Gasteiger partial charge in [-0.25, -0.2) is 0 Å². The number of nitrogens with zero attached hydrogens (tertiary/aromatic N) is 2. The van der Waals surface area contributed by atoms with E-state index in [1.165, 1.54) is 0 Å². The molecule has 1 heterocycles. The van der Waals surface area contributed by atoms with Crippen LogP contribution in [0, 0.1) is 5.41 Å². The maximum Gasteiger partial charge on any atom is 0.124 e. The number of nitrogens with one attached hydrogen (secondary N) is 1. The van der Waals surface area contributed by atoms with Crippen LogP contribution in [0.5, 0.6) is 0 Å². The summed E-state index contributed by atoms with van der Waals surface area (Å²) in [6.07, 6.45) is 0. The molecule has 0 aliphatic carbocycles. The maximum absolute atomic E-state index is 7.73. The summed E-state index contributed by atoms with van der Waals surface area (Å²) in [5, 5.41) is 7.73. The number of benzene rings is 1. The molecule has 1 aliphatic heterocycles. The molecule has 110 valence electrons. The van der Waals surface area contributed by atoms with Gasteiger partial charge in [0.15, 0.2) is 0 Å². The number of nitrogens with two attached hydrogens (primary N) is 1. The highest BCUT2D eigenvalue weighted by molar-refractivity contribution is 9.10. The smallest absolute Gasteiger partial charge is 0.124 e. The first-order valence-electron chi connectivity index (χ1n) is 6.93. The van der Waals surface area contributed by atoms with E-state index in [9.17, 15) is 0 Å². The van der Waals surface area contributed by atoms with Crippen molar-refractivity contribution in [3.05, 3.63) is 28.2 Å². The molecule has 3 N–H and O–H groups in total. The minimum atomic E-state index is 0.130. The molecule has 5 heteroatoms. The average Bonchev–Trinajstić information content (AvgIpc) is 2.37. The Bertz CT molecular complexity index is 499. The van der Waals surface area contributed by atoms with Gasteiger partial charge in [0, 0.05) is 47.4 Å². The van der Waals surface area contributed by atoms with E-state index in [1.807, 2.05) is 12.1 Å². The Hall–Kier alpha value is -1.07. The SMILES string of the molecule is CC(C)(C)N1CCN(c2cc(Br)ccc2C(=N)N)CC1. The molecule has 0 unspecified atom stereocenters. The van der Waals surface area contributed by atoms with Crippen molar-refractivity contribution in [2.75, 3.05) is 31.1 Å². The molecule has 0 bridgehead atoms. The third kappa shape index (κ3) is 3.33. The van der Waals surface area contributed by atoms with Gasteiger partial charge in [-0.2, -0.15) is 0 Å². The summed E-state index contributed by atoms with van der Waals surface area (Å²) in [7, 11) is 0. The minimum Gasteiger partial charge on any atom is -0.384 e. The van der Waals surface area contributed by atoms with E-state index in [2.05, 4.69) is 52.6 Å². The normalized spacial score (nSPS) is 17.3. The molecule has 1 aromatic rings. The third-order valence-electron chi connectivity index (χ3n) is 3.82. The van der Waals surface area contributed by atoms with Gasteiger partial charge in [0.25, 0.3) is 0 Å². The molecule has 4 nitrogen and oxygen atoms in total. The molecule has 1 aromatic carbocycles. The van der Waals surface area contributed by atoms with Crippen LogP contribution in [0.2, 0.25) is 0 Å². The van der Waals surface area contributed by atoms with Crippen molar-refractivity contribution in [1.29, 1.82) is 5.41 Å². The van der Waals surface area contributed by atoms with Crippen molar-refractivity contribution in [3.8, 4) is 0 Å². The van der Waals surface area contributed by atoms with E-state index < -0.39 is 0 Å². The highest BCUT2D eigenvalue weighted by Gasteiger charge is 2.26. The van der Waals surface area contributed by atoms with Gasteiger partial charge in [-0.15, -0.1) is 0 Å². The van der Waals surface area contributed by atoms with E-state index >= 15 is 0 Å². The van der Waals surface area contributed by atoms with Crippen molar-refractivity contribution in [2.24, 2.45) is 5.73 Å². The van der Waals surface area contributed by atoms with E-state index in [1.54, 1.807) is 0 Å². The van der Waals surface area contributed by atoms with Gasteiger partial charge in [0.1, 0.15) is 5.84 Å². The number of hydrogen-bond donors (Lipinski definition) is 2. The number of hydrogen-bond acceptors (Lipinski definition) is 3. The fourth-order valence-electron chi connectivity index (χ4n) is 2.61. The fraction of sp³-hybridized carbons (Fsp3) is 0.533. The zero-order valence-electron chi connectivity index (χ0n) is 12.4. The molecule has 1 saturated heterocycles. The van der Waals surface area contributed by atoms with Crippen molar-refractivity contribution >= 4 is 27.5 Å². The summed E-state index contributed by atoms with van der Waals surface area (Å²) in [6, 6.07) is 5.91. The number of rotatable bonds is 2. The Labute approximate surface area is 129 Å². The van der Waals surface area contributed by atoms with Gasteiger partial charge in [-0.05, 0) is 39.0 Å². The summed E-state index contributed by atoms with van der Waals surface area (Å²) in [5.41, 5.74) is 7.79. The van der Waals surface area contributed by atoms with Crippen LogP contribution in [0.4, 0.5) is 5.69 Å². The summed E-state index contributed by atoms with van der Waals surface area (Å²) >= 11 is 3.51. The van der Waals surface area contributed by atoms with Gasteiger partial charge in [-0.1, -0.05) is 15.9 Å². The Morgan fingerprint density at radius 3 is 2.30 bits per heavy atom. The quantitative estimate of drug-likeness (QED) is 0.643. The Morgan fingerprint density at radius 1 is 1.20 bits per heavy atom. The maximum atomic E-state index is 7.73. The minimum absolute atomic E-state index is 0.130. The van der Waals surface area contributed by atoms with Crippen LogP contribution in [-0.4, -0.2) is 42.5 Å². The Morgan fingerprint density at radius 2 is 1.80 bits per heavy atom. The second-order valence-corrected chi connectivity index (χ2v) is 7.14. The molecular weight excluding hydrogens is 316 g/mol. The molecular formula is C15H23BrN4. The van der Waals surface area contributed by atoms with Crippen LogP contribution < -0.4 is 10.6 Å². The van der Waals surface area contributed by atoms with Crippen LogP contribution in [0.1, 0.15) is 26.3 Å². The average molecular weight is 339 g/mol. The zero-order chi connectivity index (χ0) is 14.9. The first kappa shape index (κ1) is 15.3. The molecule has 1 fully saturated rings. The molecule has 0 radical (unpaired) electrons.